The second kappa shape index (κ2) is 7.61. The first-order valence-electron chi connectivity index (χ1n) is 6.80. The van der Waals surface area contributed by atoms with E-state index in [-0.39, 0.29) is 17.3 Å². The number of hydrogen-bond donors (Lipinski definition) is 1. The molecule has 0 fully saturated rings. The highest BCUT2D eigenvalue weighted by Crippen LogP contribution is 2.27. The standard InChI is InChI=1S/C16H15BrN2O3S/c1-10-3-5-13(7-11(10)2)23-9-16(20)18-15-6-4-12(19(21)22)8-14(15)17/h3-8H,9H2,1-2H3,(H,18,20). The van der Waals surface area contributed by atoms with E-state index in [1.165, 1.54) is 41.1 Å². The third-order valence-corrected chi connectivity index (χ3v) is 4.94. The third-order valence-electron chi connectivity index (χ3n) is 3.29. The first-order chi connectivity index (χ1) is 10.9. The van der Waals surface area contributed by atoms with Gasteiger partial charge in [-0.2, -0.15) is 0 Å². The van der Waals surface area contributed by atoms with E-state index in [1.54, 1.807) is 0 Å². The second-order valence-electron chi connectivity index (χ2n) is 5.00. The Hall–Kier alpha value is -1.86. The lowest BCUT2D eigenvalue weighted by Gasteiger charge is -2.08. The van der Waals surface area contributed by atoms with Crippen LogP contribution in [0.2, 0.25) is 0 Å². The van der Waals surface area contributed by atoms with Crippen molar-refractivity contribution in [3.05, 3.63) is 62.1 Å². The van der Waals surface area contributed by atoms with E-state index in [9.17, 15) is 14.9 Å². The van der Waals surface area contributed by atoms with Crippen LogP contribution in [0.15, 0.2) is 45.8 Å². The zero-order chi connectivity index (χ0) is 17.0. The summed E-state index contributed by atoms with van der Waals surface area (Å²) in [7, 11) is 0. The first-order valence-corrected chi connectivity index (χ1v) is 8.58. The third kappa shape index (κ3) is 4.80. The Balaban J connectivity index is 1.97. The minimum atomic E-state index is -0.480. The number of nitrogens with zero attached hydrogens (tertiary/aromatic N) is 1. The second-order valence-corrected chi connectivity index (χ2v) is 6.91. The van der Waals surface area contributed by atoms with Crippen molar-refractivity contribution in [1.82, 2.24) is 0 Å². The molecule has 2 aromatic rings. The van der Waals surface area contributed by atoms with Gasteiger partial charge in [-0.25, -0.2) is 0 Å². The fourth-order valence-electron chi connectivity index (χ4n) is 1.86. The van der Waals surface area contributed by atoms with E-state index in [0.29, 0.717) is 10.2 Å². The van der Waals surface area contributed by atoms with Crippen molar-refractivity contribution in [3.63, 3.8) is 0 Å². The van der Waals surface area contributed by atoms with Crippen LogP contribution in [0, 0.1) is 24.0 Å². The Bertz CT molecular complexity index is 765. The molecule has 0 radical (unpaired) electrons. The molecule has 7 heteroatoms. The molecule has 1 N–H and O–H groups in total. The maximum atomic E-state index is 12.0. The number of non-ortho nitro benzene ring substituents is 1. The molecule has 0 aromatic heterocycles. The van der Waals surface area contributed by atoms with Crippen LogP contribution in [0.5, 0.6) is 0 Å². The van der Waals surface area contributed by atoms with Gasteiger partial charge >= 0.3 is 0 Å². The van der Waals surface area contributed by atoms with Crippen molar-refractivity contribution < 1.29 is 9.72 Å². The van der Waals surface area contributed by atoms with Gasteiger partial charge in [0.2, 0.25) is 5.91 Å². The summed E-state index contributed by atoms with van der Waals surface area (Å²) in [6.45, 7) is 4.08. The van der Waals surface area contributed by atoms with Gasteiger partial charge in [-0.1, -0.05) is 6.07 Å². The van der Waals surface area contributed by atoms with Crippen molar-refractivity contribution in [2.24, 2.45) is 0 Å². The number of amides is 1. The molecule has 5 nitrogen and oxygen atoms in total. The predicted octanol–water partition coefficient (Wildman–Crippen LogP) is 4.70. The lowest BCUT2D eigenvalue weighted by atomic mass is 10.1. The quantitative estimate of drug-likeness (QED) is 0.452. The normalized spacial score (nSPS) is 10.4. The number of benzene rings is 2. The Morgan fingerprint density at radius 2 is 1.96 bits per heavy atom. The van der Waals surface area contributed by atoms with Gasteiger partial charge in [-0.05, 0) is 59.1 Å². The number of hydrogen-bond acceptors (Lipinski definition) is 4. The molecule has 2 rings (SSSR count). The van der Waals surface area contributed by atoms with Crippen LogP contribution >= 0.6 is 27.7 Å². The van der Waals surface area contributed by atoms with Crippen molar-refractivity contribution >= 4 is 45.0 Å². The van der Waals surface area contributed by atoms with Gasteiger partial charge in [0.15, 0.2) is 0 Å². The average Bonchev–Trinajstić information content (AvgIpc) is 2.50. The molecule has 0 aliphatic heterocycles. The number of nitro groups is 1. The van der Waals surface area contributed by atoms with Crippen molar-refractivity contribution in [3.8, 4) is 0 Å². The molecule has 0 bridgehead atoms. The number of thioether (sulfide) groups is 1. The predicted molar refractivity (Wildman–Crippen MR) is 96.1 cm³/mol. The summed E-state index contributed by atoms with van der Waals surface area (Å²) >= 11 is 4.68. The minimum Gasteiger partial charge on any atom is -0.324 e. The van der Waals surface area contributed by atoms with Gasteiger partial charge in [0.05, 0.1) is 16.4 Å². The smallest absolute Gasteiger partial charge is 0.270 e. The summed E-state index contributed by atoms with van der Waals surface area (Å²) in [5, 5.41) is 13.4. The van der Waals surface area contributed by atoms with E-state index >= 15 is 0 Å². The molecule has 23 heavy (non-hydrogen) atoms. The van der Waals surface area contributed by atoms with Crippen LogP contribution in [0.1, 0.15) is 11.1 Å². The zero-order valence-electron chi connectivity index (χ0n) is 12.6. The highest BCUT2D eigenvalue weighted by molar-refractivity contribution is 9.10. The molecular formula is C16H15BrN2O3S. The fraction of sp³-hybridized carbons (Fsp3) is 0.188. The fourth-order valence-corrected chi connectivity index (χ4v) is 3.12. The van der Waals surface area contributed by atoms with Gasteiger partial charge in [0.1, 0.15) is 0 Å². The molecule has 0 aliphatic carbocycles. The summed E-state index contributed by atoms with van der Waals surface area (Å²) < 4.78 is 0.483. The molecule has 120 valence electrons. The summed E-state index contributed by atoms with van der Waals surface area (Å²) in [4.78, 5) is 23.3. The van der Waals surface area contributed by atoms with E-state index in [1.807, 2.05) is 26.0 Å². The summed E-state index contributed by atoms with van der Waals surface area (Å²) in [5.41, 5.74) is 2.89. The average molecular weight is 395 g/mol. The number of nitro benzene ring substituents is 1. The van der Waals surface area contributed by atoms with E-state index in [2.05, 4.69) is 27.3 Å². The number of anilines is 1. The van der Waals surface area contributed by atoms with Gasteiger partial charge in [-0.3, -0.25) is 14.9 Å². The molecule has 1 amide bonds. The molecule has 0 spiro atoms. The number of aryl methyl sites for hydroxylation is 2. The number of rotatable bonds is 5. The maximum absolute atomic E-state index is 12.0. The molecule has 0 saturated heterocycles. The Morgan fingerprint density at radius 1 is 1.22 bits per heavy atom. The van der Waals surface area contributed by atoms with Crippen molar-refractivity contribution in [2.75, 3.05) is 11.1 Å². The van der Waals surface area contributed by atoms with Gasteiger partial charge < -0.3 is 5.32 Å². The lowest BCUT2D eigenvalue weighted by Crippen LogP contribution is -2.14. The lowest BCUT2D eigenvalue weighted by molar-refractivity contribution is -0.384. The van der Waals surface area contributed by atoms with Gasteiger partial charge in [0, 0.05) is 21.5 Å². The van der Waals surface area contributed by atoms with Crippen molar-refractivity contribution in [1.29, 1.82) is 0 Å². The molecular weight excluding hydrogens is 380 g/mol. The Morgan fingerprint density at radius 3 is 2.57 bits per heavy atom. The van der Waals surface area contributed by atoms with E-state index in [0.717, 1.165) is 4.90 Å². The molecule has 0 heterocycles. The molecule has 2 aromatic carbocycles. The zero-order valence-corrected chi connectivity index (χ0v) is 15.0. The first kappa shape index (κ1) is 17.5. The maximum Gasteiger partial charge on any atom is 0.270 e. The molecule has 0 atom stereocenters. The topological polar surface area (TPSA) is 72.2 Å². The van der Waals surface area contributed by atoms with E-state index in [4.69, 9.17) is 0 Å². The molecule has 0 saturated carbocycles. The monoisotopic (exact) mass is 394 g/mol. The number of carbonyl (C=O) groups excluding carboxylic acids is 1. The minimum absolute atomic E-state index is 0.0284. The van der Waals surface area contributed by atoms with E-state index < -0.39 is 4.92 Å². The number of carbonyl (C=O) groups is 1. The van der Waals surface area contributed by atoms with Crippen LogP contribution in [0.3, 0.4) is 0 Å². The van der Waals surface area contributed by atoms with Crippen LogP contribution in [-0.2, 0) is 4.79 Å². The number of halogens is 1. The van der Waals surface area contributed by atoms with Crippen molar-refractivity contribution in [2.45, 2.75) is 18.7 Å². The van der Waals surface area contributed by atoms with Crippen LogP contribution < -0.4 is 5.32 Å². The highest BCUT2D eigenvalue weighted by atomic mass is 79.9. The summed E-state index contributed by atoms with van der Waals surface area (Å²) in [5.74, 6) is 0.106. The van der Waals surface area contributed by atoms with Gasteiger partial charge in [-0.15, -0.1) is 11.8 Å². The number of nitrogens with one attached hydrogen (secondary N) is 1. The summed E-state index contributed by atoms with van der Waals surface area (Å²) in [6.07, 6.45) is 0. The van der Waals surface area contributed by atoms with Crippen LogP contribution in [0.4, 0.5) is 11.4 Å². The highest BCUT2D eigenvalue weighted by Gasteiger charge is 2.11. The summed E-state index contributed by atoms with van der Waals surface area (Å²) in [6, 6.07) is 10.3. The molecule has 0 unspecified atom stereocenters. The largest absolute Gasteiger partial charge is 0.324 e. The van der Waals surface area contributed by atoms with Crippen LogP contribution in [0.25, 0.3) is 0 Å². The SMILES string of the molecule is Cc1ccc(SCC(=O)Nc2ccc([N+](=O)[O-])cc2Br)cc1C. The Labute approximate surface area is 146 Å². The molecule has 0 aliphatic rings. The van der Waals surface area contributed by atoms with Gasteiger partial charge in [0.25, 0.3) is 5.69 Å². The van der Waals surface area contributed by atoms with Crippen LogP contribution in [-0.4, -0.2) is 16.6 Å². The Kier molecular flexibility index (Phi) is 5.79.